The highest BCUT2D eigenvalue weighted by molar-refractivity contribution is 7.18. The van der Waals surface area contributed by atoms with E-state index in [0.29, 0.717) is 19.8 Å². The Balaban J connectivity index is 1.43. The zero-order valence-electron chi connectivity index (χ0n) is 13.0. The van der Waals surface area contributed by atoms with Gasteiger partial charge in [0.1, 0.15) is 5.01 Å². The minimum atomic E-state index is -0.491. The third kappa shape index (κ3) is 4.83. The number of aliphatic hydroxyl groups excluding tert-OH is 1. The number of hydrogen-bond donors (Lipinski definition) is 1. The first-order chi connectivity index (χ1) is 11.2. The molecule has 1 atom stereocenters. The largest absolute Gasteiger partial charge is 0.389 e. The van der Waals surface area contributed by atoms with E-state index < -0.39 is 6.10 Å². The molecule has 4 nitrogen and oxygen atoms in total. The molecule has 0 aliphatic rings. The maximum atomic E-state index is 10.1. The number of thiophene rings is 1. The Morgan fingerprint density at radius 3 is 2.91 bits per heavy atom. The van der Waals surface area contributed by atoms with Crippen LogP contribution in [0.15, 0.2) is 41.8 Å². The summed E-state index contributed by atoms with van der Waals surface area (Å²) in [5.41, 5.74) is 1.04. The molecule has 6 heteroatoms. The summed E-state index contributed by atoms with van der Waals surface area (Å²) in [5.74, 6) is 0. The third-order valence-corrected chi connectivity index (χ3v) is 5.27. The highest BCUT2D eigenvalue weighted by Gasteiger charge is 2.11. The average Bonchev–Trinajstić information content (AvgIpc) is 3.15. The van der Waals surface area contributed by atoms with E-state index in [2.05, 4.69) is 16.0 Å². The monoisotopic (exact) mass is 348 g/mol. The minimum Gasteiger partial charge on any atom is -0.389 e. The van der Waals surface area contributed by atoms with Gasteiger partial charge in [0.25, 0.3) is 0 Å². The molecule has 0 radical (unpaired) electrons. The van der Waals surface area contributed by atoms with Crippen LogP contribution in [-0.4, -0.2) is 41.3 Å². The van der Waals surface area contributed by atoms with Crippen LogP contribution < -0.4 is 0 Å². The predicted octanol–water partition coefficient (Wildman–Crippen LogP) is 3.37. The second-order valence-corrected chi connectivity index (χ2v) is 7.67. The highest BCUT2D eigenvalue weighted by atomic mass is 32.1. The van der Waals surface area contributed by atoms with Gasteiger partial charge in [-0.1, -0.05) is 18.2 Å². The summed E-state index contributed by atoms with van der Waals surface area (Å²) in [6.45, 7) is 2.22. The van der Waals surface area contributed by atoms with Gasteiger partial charge < -0.3 is 9.84 Å². The van der Waals surface area contributed by atoms with Crippen LogP contribution in [0.4, 0.5) is 0 Å². The molecule has 0 aliphatic carbocycles. The number of likely N-dealkylation sites (N-methyl/N-ethyl adjacent to an activating group) is 1. The van der Waals surface area contributed by atoms with E-state index in [0.717, 1.165) is 17.1 Å². The van der Waals surface area contributed by atoms with Gasteiger partial charge in [-0.05, 0) is 30.6 Å². The number of aromatic nitrogens is 1. The lowest BCUT2D eigenvalue weighted by Gasteiger charge is -2.19. The van der Waals surface area contributed by atoms with Gasteiger partial charge in [0.2, 0.25) is 0 Å². The summed E-state index contributed by atoms with van der Waals surface area (Å²) in [6, 6.07) is 12.2. The first-order valence-corrected chi connectivity index (χ1v) is 9.21. The minimum absolute atomic E-state index is 0.349. The van der Waals surface area contributed by atoms with Crippen LogP contribution in [0.1, 0.15) is 9.88 Å². The van der Waals surface area contributed by atoms with Gasteiger partial charge in [-0.2, -0.15) is 0 Å². The Morgan fingerprint density at radius 2 is 2.13 bits per heavy atom. The molecule has 0 amide bonds. The molecule has 1 unspecified atom stereocenters. The van der Waals surface area contributed by atoms with E-state index in [4.69, 9.17) is 4.74 Å². The molecule has 1 aromatic carbocycles. The SMILES string of the molecule is CN(Cc1nc2ccccc2s1)CC(O)COCc1cccs1. The number of para-hydroxylation sites is 1. The highest BCUT2D eigenvalue weighted by Crippen LogP contribution is 2.22. The molecule has 0 bridgehead atoms. The Kier molecular flexibility index (Phi) is 5.75. The first kappa shape index (κ1) is 16.5. The topological polar surface area (TPSA) is 45.6 Å². The lowest BCUT2D eigenvalue weighted by molar-refractivity contribution is 0.0135. The molecule has 0 saturated heterocycles. The van der Waals surface area contributed by atoms with Gasteiger partial charge in [0, 0.05) is 11.4 Å². The third-order valence-electron chi connectivity index (χ3n) is 3.40. The molecule has 23 heavy (non-hydrogen) atoms. The van der Waals surface area contributed by atoms with Crippen LogP contribution in [0.3, 0.4) is 0 Å². The quantitative estimate of drug-likeness (QED) is 0.678. The second kappa shape index (κ2) is 7.99. The Morgan fingerprint density at radius 1 is 1.26 bits per heavy atom. The Hall–Kier alpha value is -1.31. The fourth-order valence-corrected chi connectivity index (χ4v) is 4.07. The maximum Gasteiger partial charge on any atom is 0.108 e. The first-order valence-electron chi connectivity index (χ1n) is 7.52. The zero-order valence-corrected chi connectivity index (χ0v) is 14.6. The summed E-state index contributed by atoms with van der Waals surface area (Å²) < 4.78 is 6.76. The molecule has 0 saturated carbocycles. The molecule has 3 rings (SSSR count). The van der Waals surface area contributed by atoms with Crippen molar-refractivity contribution in [2.45, 2.75) is 19.3 Å². The standard InChI is InChI=1S/C17H20N2O2S2/c1-19(9-13(20)11-21-12-14-5-4-8-22-14)10-17-18-15-6-2-3-7-16(15)23-17/h2-8,13,20H,9-12H2,1H3. The fourth-order valence-electron chi connectivity index (χ4n) is 2.39. The van der Waals surface area contributed by atoms with Crippen molar-refractivity contribution in [1.29, 1.82) is 0 Å². The molecule has 3 aromatic rings. The average molecular weight is 348 g/mol. The Bertz CT molecular complexity index is 694. The van der Waals surface area contributed by atoms with Crippen molar-refractivity contribution in [2.75, 3.05) is 20.2 Å². The van der Waals surface area contributed by atoms with Crippen molar-refractivity contribution < 1.29 is 9.84 Å². The van der Waals surface area contributed by atoms with Gasteiger partial charge in [-0.3, -0.25) is 4.90 Å². The van der Waals surface area contributed by atoms with Gasteiger partial charge in [0.15, 0.2) is 0 Å². The zero-order chi connectivity index (χ0) is 16.1. The molecule has 0 spiro atoms. The number of nitrogens with zero attached hydrogens (tertiary/aromatic N) is 2. The normalized spacial score (nSPS) is 13.0. The van der Waals surface area contributed by atoms with E-state index in [9.17, 15) is 5.11 Å². The predicted molar refractivity (Wildman–Crippen MR) is 95.9 cm³/mol. The van der Waals surface area contributed by atoms with Gasteiger partial charge >= 0.3 is 0 Å². The summed E-state index contributed by atoms with van der Waals surface area (Å²) >= 11 is 3.37. The number of thiazole rings is 1. The van der Waals surface area contributed by atoms with E-state index in [1.54, 1.807) is 22.7 Å². The van der Waals surface area contributed by atoms with Crippen molar-refractivity contribution in [1.82, 2.24) is 9.88 Å². The molecule has 122 valence electrons. The lowest BCUT2D eigenvalue weighted by atomic mass is 10.3. The molecule has 1 N–H and O–H groups in total. The lowest BCUT2D eigenvalue weighted by Crippen LogP contribution is -2.31. The number of benzene rings is 1. The number of rotatable bonds is 8. The number of ether oxygens (including phenoxy) is 1. The Labute approximate surface area is 144 Å². The summed E-state index contributed by atoms with van der Waals surface area (Å²) in [4.78, 5) is 7.88. The van der Waals surface area contributed by atoms with E-state index in [1.165, 1.54) is 9.58 Å². The van der Waals surface area contributed by atoms with Crippen LogP contribution in [0.2, 0.25) is 0 Å². The van der Waals surface area contributed by atoms with E-state index in [-0.39, 0.29) is 0 Å². The van der Waals surface area contributed by atoms with Crippen molar-refractivity contribution in [3.05, 3.63) is 51.7 Å². The molecule has 0 fully saturated rings. The van der Waals surface area contributed by atoms with Crippen molar-refractivity contribution >= 4 is 32.9 Å². The van der Waals surface area contributed by atoms with Crippen molar-refractivity contribution in [3.63, 3.8) is 0 Å². The van der Waals surface area contributed by atoms with Crippen LogP contribution >= 0.6 is 22.7 Å². The van der Waals surface area contributed by atoms with Crippen LogP contribution in [0.25, 0.3) is 10.2 Å². The molecule has 0 aliphatic heterocycles. The van der Waals surface area contributed by atoms with E-state index >= 15 is 0 Å². The van der Waals surface area contributed by atoms with Crippen molar-refractivity contribution in [2.24, 2.45) is 0 Å². The van der Waals surface area contributed by atoms with Gasteiger partial charge in [-0.15, -0.1) is 22.7 Å². The smallest absolute Gasteiger partial charge is 0.108 e. The van der Waals surface area contributed by atoms with Gasteiger partial charge in [0.05, 0.1) is 36.1 Å². The number of aliphatic hydroxyl groups is 1. The second-order valence-electron chi connectivity index (χ2n) is 5.52. The molecular weight excluding hydrogens is 328 g/mol. The maximum absolute atomic E-state index is 10.1. The summed E-state index contributed by atoms with van der Waals surface area (Å²) in [5, 5.41) is 13.2. The van der Waals surface area contributed by atoms with Gasteiger partial charge in [-0.25, -0.2) is 4.98 Å². The van der Waals surface area contributed by atoms with E-state index in [1.807, 2.05) is 42.8 Å². The number of hydrogen-bond acceptors (Lipinski definition) is 6. The fraction of sp³-hybridized carbons (Fsp3) is 0.353. The van der Waals surface area contributed by atoms with Crippen LogP contribution in [0.5, 0.6) is 0 Å². The molecular formula is C17H20N2O2S2. The molecule has 2 heterocycles. The molecule has 2 aromatic heterocycles. The summed E-state index contributed by atoms with van der Waals surface area (Å²) in [7, 11) is 1.99. The number of fused-ring (bicyclic) bond motifs is 1. The van der Waals surface area contributed by atoms with Crippen LogP contribution in [-0.2, 0) is 17.9 Å². The summed E-state index contributed by atoms with van der Waals surface area (Å²) in [6.07, 6.45) is -0.491. The van der Waals surface area contributed by atoms with Crippen molar-refractivity contribution in [3.8, 4) is 0 Å². The van der Waals surface area contributed by atoms with Crippen LogP contribution in [0, 0.1) is 0 Å².